The lowest BCUT2D eigenvalue weighted by molar-refractivity contribution is 0.113. The summed E-state index contributed by atoms with van der Waals surface area (Å²) in [4.78, 5) is 0. The van der Waals surface area contributed by atoms with Crippen LogP contribution in [0, 0.1) is 11.3 Å². The van der Waals surface area contributed by atoms with E-state index in [1.807, 2.05) is 0 Å². The van der Waals surface area contributed by atoms with Gasteiger partial charge in [0.25, 0.3) is 0 Å². The average molecular weight is 317 g/mol. The Bertz CT molecular complexity index is 292. The molecule has 0 spiro atoms. The minimum Gasteiger partial charge on any atom is -0.306 e. The van der Waals surface area contributed by atoms with Crippen molar-refractivity contribution in [2.45, 2.75) is 20.8 Å². The van der Waals surface area contributed by atoms with E-state index in [4.69, 9.17) is 27.7 Å². The fourth-order valence-corrected chi connectivity index (χ4v) is 4.49. The Hall–Kier alpha value is 0.690. The predicted octanol–water partition coefficient (Wildman–Crippen LogP) is 3.16. The van der Waals surface area contributed by atoms with Crippen LogP contribution in [0.25, 0.3) is 0 Å². The molecule has 1 fully saturated rings. The first-order valence-corrected chi connectivity index (χ1v) is 8.85. The van der Waals surface area contributed by atoms with Gasteiger partial charge in [-0.25, -0.2) is 9.76 Å². The number of hydrogen-bond donors (Lipinski definition) is 1. The Labute approximate surface area is 120 Å². The van der Waals surface area contributed by atoms with Gasteiger partial charge in [-0.1, -0.05) is 20.8 Å². The molecule has 7 heteroatoms. The summed E-state index contributed by atoms with van der Waals surface area (Å²) in [6, 6.07) is 0. The Morgan fingerprint density at radius 2 is 1.89 bits per heavy atom. The summed E-state index contributed by atoms with van der Waals surface area (Å²) in [5.41, 5.74) is 0.141. The number of rotatable bonds is 5. The van der Waals surface area contributed by atoms with Crippen LogP contribution in [0.15, 0.2) is 0 Å². The molecule has 1 heterocycles. The van der Waals surface area contributed by atoms with Gasteiger partial charge >= 0.3 is 7.67 Å². The van der Waals surface area contributed by atoms with Crippen LogP contribution >= 0.6 is 30.9 Å². The topological polar surface area (TPSA) is 41.6 Å². The summed E-state index contributed by atoms with van der Waals surface area (Å²) in [6.07, 6.45) is 0. The Morgan fingerprint density at radius 3 is 2.22 bits per heavy atom. The molecule has 0 radical (unpaired) electrons. The summed E-state index contributed by atoms with van der Waals surface area (Å²) < 4.78 is 20.0. The molecular weight excluding hydrogens is 294 g/mol. The second-order valence-corrected chi connectivity index (χ2v) is 8.51. The lowest BCUT2D eigenvalue weighted by atomic mass is 9.81. The van der Waals surface area contributed by atoms with Crippen molar-refractivity contribution in [3.05, 3.63) is 0 Å². The molecule has 108 valence electrons. The van der Waals surface area contributed by atoms with Gasteiger partial charge in [0.05, 0.1) is 6.61 Å². The number of alkyl halides is 2. The molecule has 1 N–H and O–H groups in total. The zero-order valence-electron chi connectivity index (χ0n) is 11.3. The summed E-state index contributed by atoms with van der Waals surface area (Å²) in [7, 11) is -2.95. The van der Waals surface area contributed by atoms with E-state index in [2.05, 4.69) is 25.9 Å². The highest BCUT2D eigenvalue weighted by atomic mass is 35.5. The highest BCUT2D eigenvalue weighted by molar-refractivity contribution is 7.54. The fraction of sp³-hybridized carbons (Fsp3) is 1.00. The lowest BCUT2D eigenvalue weighted by Gasteiger charge is -2.40. The largest absolute Gasteiger partial charge is 0.343 e. The van der Waals surface area contributed by atoms with Gasteiger partial charge in [-0.15, -0.1) is 23.2 Å². The summed E-state index contributed by atoms with van der Waals surface area (Å²) >= 11 is 11.5. The van der Waals surface area contributed by atoms with E-state index >= 15 is 0 Å². The Morgan fingerprint density at radius 1 is 1.33 bits per heavy atom. The lowest BCUT2D eigenvalue weighted by Crippen LogP contribution is -2.43. The number of nitrogens with one attached hydrogen (secondary N) is 1. The predicted molar refractivity (Wildman–Crippen MR) is 77.5 cm³/mol. The average Bonchev–Trinajstić information content (AvgIpc) is 2.28. The molecule has 1 aliphatic rings. The molecule has 2 unspecified atom stereocenters. The van der Waals surface area contributed by atoms with Gasteiger partial charge in [-0.3, -0.25) is 4.57 Å². The second-order valence-electron chi connectivity index (χ2n) is 5.57. The van der Waals surface area contributed by atoms with Crippen molar-refractivity contribution in [3.63, 3.8) is 0 Å². The minimum absolute atomic E-state index is 0.141. The van der Waals surface area contributed by atoms with Crippen molar-refractivity contribution in [3.8, 4) is 0 Å². The van der Waals surface area contributed by atoms with Crippen molar-refractivity contribution < 1.29 is 9.09 Å². The monoisotopic (exact) mass is 316 g/mol. The SMILES string of the molecule is CC(C)(C)C1CNP(=O)(N(CCCl)CCCl)OC1. The van der Waals surface area contributed by atoms with E-state index in [0.717, 1.165) is 0 Å². The third kappa shape index (κ3) is 4.36. The summed E-state index contributed by atoms with van der Waals surface area (Å²) in [5.74, 6) is 1.18. The van der Waals surface area contributed by atoms with Crippen LogP contribution in [-0.4, -0.2) is 42.7 Å². The maximum absolute atomic E-state index is 12.7. The van der Waals surface area contributed by atoms with Gasteiger partial charge in [0.2, 0.25) is 0 Å². The molecule has 0 aromatic rings. The van der Waals surface area contributed by atoms with E-state index < -0.39 is 7.67 Å². The highest BCUT2D eigenvalue weighted by Crippen LogP contribution is 2.50. The number of nitrogens with zero attached hydrogens (tertiary/aromatic N) is 1. The Balaban J connectivity index is 2.64. The van der Waals surface area contributed by atoms with E-state index in [0.29, 0.717) is 43.9 Å². The quantitative estimate of drug-likeness (QED) is 0.625. The van der Waals surface area contributed by atoms with Crippen molar-refractivity contribution >= 4 is 30.9 Å². The molecular formula is C11H23Cl2N2O2P. The standard InChI is InChI=1S/C11H23Cl2N2O2P/c1-11(2,3)10-8-14-18(16,17-9-10)15(6-4-12)7-5-13/h10H,4-9H2,1-3H3,(H,14,16). The summed E-state index contributed by atoms with van der Waals surface area (Å²) in [6.45, 7) is 8.71. The van der Waals surface area contributed by atoms with Crippen LogP contribution in [-0.2, 0) is 9.09 Å². The Kier molecular flexibility index (Phi) is 6.43. The molecule has 0 aromatic heterocycles. The van der Waals surface area contributed by atoms with Gasteiger partial charge in [-0.2, -0.15) is 0 Å². The fourth-order valence-electron chi connectivity index (χ4n) is 1.83. The van der Waals surface area contributed by atoms with E-state index in [1.54, 1.807) is 4.67 Å². The molecule has 0 aliphatic carbocycles. The third-order valence-electron chi connectivity index (χ3n) is 3.27. The number of hydrogen-bond acceptors (Lipinski definition) is 2. The van der Waals surface area contributed by atoms with Crippen molar-refractivity contribution in [2.24, 2.45) is 11.3 Å². The maximum atomic E-state index is 12.7. The van der Waals surface area contributed by atoms with Crippen molar-refractivity contribution in [1.29, 1.82) is 0 Å². The van der Waals surface area contributed by atoms with Crippen LogP contribution in [0.4, 0.5) is 0 Å². The van der Waals surface area contributed by atoms with Crippen LogP contribution in [0.1, 0.15) is 20.8 Å². The van der Waals surface area contributed by atoms with Crippen molar-refractivity contribution in [1.82, 2.24) is 9.76 Å². The maximum Gasteiger partial charge on any atom is 0.343 e. The van der Waals surface area contributed by atoms with E-state index in [1.165, 1.54) is 0 Å². The van der Waals surface area contributed by atoms with Crippen LogP contribution in [0.2, 0.25) is 0 Å². The highest BCUT2D eigenvalue weighted by Gasteiger charge is 2.39. The van der Waals surface area contributed by atoms with Crippen molar-refractivity contribution in [2.75, 3.05) is 38.0 Å². The first-order valence-electron chi connectivity index (χ1n) is 6.20. The zero-order chi connectivity index (χ0) is 13.8. The van der Waals surface area contributed by atoms with Crippen LogP contribution in [0.5, 0.6) is 0 Å². The van der Waals surface area contributed by atoms with Crippen LogP contribution < -0.4 is 5.09 Å². The molecule has 1 rings (SSSR count). The first kappa shape index (κ1) is 16.7. The third-order valence-corrected chi connectivity index (χ3v) is 5.83. The van der Waals surface area contributed by atoms with E-state index in [9.17, 15) is 4.57 Å². The molecule has 0 bridgehead atoms. The molecule has 0 saturated carbocycles. The summed E-state index contributed by atoms with van der Waals surface area (Å²) in [5, 5.41) is 3.06. The number of halogens is 2. The van der Waals surface area contributed by atoms with Gasteiger partial charge in [0, 0.05) is 37.3 Å². The minimum atomic E-state index is -2.95. The molecule has 0 amide bonds. The second kappa shape index (κ2) is 6.92. The van der Waals surface area contributed by atoms with Gasteiger partial charge in [-0.05, 0) is 5.41 Å². The molecule has 18 heavy (non-hydrogen) atoms. The zero-order valence-corrected chi connectivity index (χ0v) is 13.7. The normalized spacial score (nSPS) is 29.8. The molecule has 0 aromatic carbocycles. The first-order chi connectivity index (χ1) is 8.33. The molecule has 4 nitrogen and oxygen atoms in total. The van der Waals surface area contributed by atoms with Gasteiger partial charge in [0.1, 0.15) is 0 Å². The van der Waals surface area contributed by atoms with E-state index in [-0.39, 0.29) is 5.41 Å². The van der Waals surface area contributed by atoms with Gasteiger partial charge < -0.3 is 4.52 Å². The molecule has 1 aliphatic heterocycles. The smallest absolute Gasteiger partial charge is 0.306 e. The van der Waals surface area contributed by atoms with Gasteiger partial charge in [0.15, 0.2) is 0 Å². The van der Waals surface area contributed by atoms with Crippen LogP contribution in [0.3, 0.4) is 0 Å². The molecule has 1 saturated heterocycles. The molecule has 2 atom stereocenters.